The quantitative estimate of drug-likeness (QED) is 0.846. The molecule has 0 spiro atoms. The smallest absolute Gasteiger partial charge is 0.0331 e. The molecule has 0 fully saturated rings. The molecular formula is C16H26N2S. The second-order valence-electron chi connectivity index (χ2n) is 6.36. The SMILES string of the molecule is CNCc1ccc(CN2CC=C(C(C)(C)C)CC2)s1. The molecule has 106 valence electrons. The molecule has 0 atom stereocenters. The molecule has 0 saturated heterocycles. The topological polar surface area (TPSA) is 15.3 Å². The van der Waals surface area contributed by atoms with Crippen LogP contribution in [0.2, 0.25) is 0 Å². The molecule has 2 nitrogen and oxygen atoms in total. The fourth-order valence-electron chi connectivity index (χ4n) is 2.53. The highest BCUT2D eigenvalue weighted by Gasteiger charge is 2.21. The van der Waals surface area contributed by atoms with E-state index in [2.05, 4.69) is 49.2 Å². The standard InChI is InChI=1S/C16H26N2S/c1-16(2,3)13-7-9-18(10-8-13)12-15-6-5-14(19-15)11-17-4/h5-7,17H,8-12H2,1-4H3. The molecule has 1 N–H and O–H groups in total. The van der Waals surface area contributed by atoms with Crippen LogP contribution in [0, 0.1) is 5.41 Å². The van der Waals surface area contributed by atoms with Gasteiger partial charge in [-0.1, -0.05) is 32.4 Å². The van der Waals surface area contributed by atoms with Gasteiger partial charge in [0.05, 0.1) is 0 Å². The van der Waals surface area contributed by atoms with Gasteiger partial charge in [-0.2, -0.15) is 0 Å². The van der Waals surface area contributed by atoms with E-state index >= 15 is 0 Å². The molecule has 2 heterocycles. The van der Waals surface area contributed by atoms with Crippen LogP contribution in [-0.4, -0.2) is 25.0 Å². The summed E-state index contributed by atoms with van der Waals surface area (Å²) in [6, 6.07) is 4.52. The van der Waals surface area contributed by atoms with E-state index in [4.69, 9.17) is 0 Å². The normalized spacial score (nSPS) is 17.6. The minimum atomic E-state index is 0.342. The van der Waals surface area contributed by atoms with Gasteiger partial charge in [-0.25, -0.2) is 0 Å². The lowest BCUT2D eigenvalue weighted by atomic mass is 9.83. The Labute approximate surface area is 121 Å². The Balaban J connectivity index is 1.90. The first-order valence-corrected chi connectivity index (χ1v) is 7.95. The van der Waals surface area contributed by atoms with Crippen molar-refractivity contribution in [2.75, 3.05) is 20.1 Å². The van der Waals surface area contributed by atoms with Crippen molar-refractivity contribution in [1.29, 1.82) is 0 Å². The van der Waals surface area contributed by atoms with Gasteiger partial charge in [0.2, 0.25) is 0 Å². The number of nitrogens with zero attached hydrogens (tertiary/aromatic N) is 1. The second kappa shape index (κ2) is 6.21. The average Bonchev–Trinajstić information content (AvgIpc) is 2.77. The third-order valence-electron chi connectivity index (χ3n) is 3.70. The van der Waals surface area contributed by atoms with Gasteiger partial charge in [-0.15, -0.1) is 11.3 Å². The summed E-state index contributed by atoms with van der Waals surface area (Å²) in [5.74, 6) is 0. The number of hydrogen-bond donors (Lipinski definition) is 1. The Morgan fingerprint density at radius 3 is 2.58 bits per heavy atom. The molecule has 0 aliphatic carbocycles. The molecule has 2 rings (SSSR count). The Morgan fingerprint density at radius 2 is 2.00 bits per heavy atom. The lowest BCUT2D eigenvalue weighted by Gasteiger charge is -2.31. The molecular weight excluding hydrogens is 252 g/mol. The molecule has 0 amide bonds. The second-order valence-corrected chi connectivity index (χ2v) is 7.62. The van der Waals surface area contributed by atoms with Crippen molar-refractivity contribution >= 4 is 11.3 Å². The zero-order valence-corrected chi connectivity index (χ0v) is 13.4. The van der Waals surface area contributed by atoms with Gasteiger partial charge in [0, 0.05) is 35.9 Å². The van der Waals surface area contributed by atoms with Crippen LogP contribution in [0.15, 0.2) is 23.8 Å². The summed E-state index contributed by atoms with van der Waals surface area (Å²) in [5.41, 5.74) is 1.96. The van der Waals surface area contributed by atoms with Crippen LogP contribution >= 0.6 is 11.3 Å². The Hall–Kier alpha value is -0.640. The molecule has 1 aromatic rings. The van der Waals surface area contributed by atoms with E-state index in [0.29, 0.717) is 5.41 Å². The van der Waals surface area contributed by atoms with E-state index in [1.807, 2.05) is 18.4 Å². The lowest BCUT2D eigenvalue weighted by molar-refractivity contribution is 0.273. The van der Waals surface area contributed by atoms with E-state index in [9.17, 15) is 0 Å². The molecule has 3 heteroatoms. The van der Waals surface area contributed by atoms with Gasteiger partial charge in [-0.05, 0) is 31.0 Å². The molecule has 0 radical (unpaired) electrons. The summed E-state index contributed by atoms with van der Waals surface area (Å²) in [4.78, 5) is 5.46. The minimum Gasteiger partial charge on any atom is -0.315 e. The summed E-state index contributed by atoms with van der Waals surface area (Å²) in [7, 11) is 2.00. The van der Waals surface area contributed by atoms with Gasteiger partial charge in [0.25, 0.3) is 0 Å². The molecule has 1 aromatic heterocycles. The lowest BCUT2D eigenvalue weighted by Crippen LogP contribution is -2.30. The van der Waals surface area contributed by atoms with Crippen LogP contribution in [0.5, 0.6) is 0 Å². The highest BCUT2D eigenvalue weighted by atomic mass is 32.1. The van der Waals surface area contributed by atoms with E-state index < -0.39 is 0 Å². The van der Waals surface area contributed by atoms with Crippen molar-refractivity contribution in [3.8, 4) is 0 Å². The highest BCUT2D eigenvalue weighted by Crippen LogP contribution is 2.30. The summed E-state index contributed by atoms with van der Waals surface area (Å²) in [5, 5.41) is 3.21. The van der Waals surface area contributed by atoms with Gasteiger partial charge in [0.1, 0.15) is 0 Å². The van der Waals surface area contributed by atoms with Crippen molar-refractivity contribution in [3.05, 3.63) is 33.5 Å². The van der Waals surface area contributed by atoms with E-state index in [1.54, 1.807) is 5.57 Å². The first-order chi connectivity index (χ1) is 8.99. The highest BCUT2D eigenvalue weighted by molar-refractivity contribution is 7.11. The zero-order chi connectivity index (χ0) is 13.9. The fourth-order valence-corrected chi connectivity index (χ4v) is 3.61. The maximum absolute atomic E-state index is 3.21. The third-order valence-corrected chi connectivity index (χ3v) is 4.77. The maximum atomic E-state index is 3.21. The fraction of sp³-hybridized carbons (Fsp3) is 0.625. The van der Waals surface area contributed by atoms with Crippen LogP contribution in [0.25, 0.3) is 0 Å². The summed E-state index contributed by atoms with van der Waals surface area (Å²) in [6.07, 6.45) is 3.66. The molecule has 0 unspecified atom stereocenters. The Kier molecular flexibility index (Phi) is 4.82. The van der Waals surface area contributed by atoms with Gasteiger partial charge >= 0.3 is 0 Å². The molecule has 1 aliphatic heterocycles. The zero-order valence-electron chi connectivity index (χ0n) is 12.6. The number of hydrogen-bond acceptors (Lipinski definition) is 3. The van der Waals surface area contributed by atoms with Gasteiger partial charge < -0.3 is 5.32 Å². The van der Waals surface area contributed by atoms with Crippen LogP contribution in [0.4, 0.5) is 0 Å². The predicted molar refractivity (Wildman–Crippen MR) is 84.5 cm³/mol. The third kappa shape index (κ3) is 4.16. The molecule has 1 aliphatic rings. The maximum Gasteiger partial charge on any atom is 0.0331 e. The number of thiophene rings is 1. The number of nitrogens with one attached hydrogen (secondary N) is 1. The van der Waals surface area contributed by atoms with Crippen molar-refractivity contribution in [1.82, 2.24) is 10.2 Å². The summed E-state index contributed by atoms with van der Waals surface area (Å²) < 4.78 is 0. The Morgan fingerprint density at radius 1 is 1.26 bits per heavy atom. The van der Waals surface area contributed by atoms with Crippen molar-refractivity contribution in [2.45, 2.75) is 40.3 Å². The molecule has 0 saturated carbocycles. The van der Waals surface area contributed by atoms with Gasteiger partial charge in [0.15, 0.2) is 0 Å². The van der Waals surface area contributed by atoms with Crippen LogP contribution < -0.4 is 5.32 Å². The predicted octanol–water partition coefficient (Wildman–Crippen LogP) is 3.65. The van der Waals surface area contributed by atoms with E-state index in [-0.39, 0.29) is 0 Å². The molecule has 19 heavy (non-hydrogen) atoms. The van der Waals surface area contributed by atoms with E-state index in [0.717, 1.165) is 19.6 Å². The summed E-state index contributed by atoms with van der Waals surface area (Å²) in [6.45, 7) is 11.3. The number of rotatable bonds is 4. The summed E-state index contributed by atoms with van der Waals surface area (Å²) >= 11 is 1.93. The monoisotopic (exact) mass is 278 g/mol. The van der Waals surface area contributed by atoms with E-state index in [1.165, 1.54) is 22.7 Å². The van der Waals surface area contributed by atoms with Crippen molar-refractivity contribution < 1.29 is 0 Å². The first-order valence-electron chi connectivity index (χ1n) is 7.13. The first kappa shape index (κ1) is 14.8. The van der Waals surface area contributed by atoms with Crippen LogP contribution in [0.3, 0.4) is 0 Å². The minimum absolute atomic E-state index is 0.342. The van der Waals surface area contributed by atoms with Crippen molar-refractivity contribution in [2.24, 2.45) is 5.41 Å². The molecule has 0 aromatic carbocycles. The largest absolute Gasteiger partial charge is 0.315 e. The molecule has 0 bridgehead atoms. The average molecular weight is 278 g/mol. The van der Waals surface area contributed by atoms with Crippen molar-refractivity contribution in [3.63, 3.8) is 0 Å². The van der Waals surface area contributed by atoms with Crippen LogP contribution in [0.1, 0.15) is 36.9 Å². The Bertz CT molecular complexity index is 440. The van der Waals surface area contributed by atoms with Crippen LogP contribution in [-0.2, 0) is 13.1 Å². The van der Waals surface area contributed by atoms with Gasteiger partial charge in [-0.3, -0.25) is 4.90 Å².